The maximum atomic E-state index is 12.9. The Morgan fingerprint density at radius 1 is 0.935 bits per heavy atom. The van der Waals surface area contributed by atoms with Crippen LogP contribution in [0.1, 0.15) is 51.4 Å². The molecule has 1 aliphatic rings. The highest BCUT2D eigenvalue weighted by atomic mass is 79.9. The van der Waals surface area contributed by atoms with Crippen LogP contribution in [0.3, 0.4) is 0 Å². The van der Waals surface area contributed by atoms with Gasteiger partial charge in [0.15, 0.2) is 0 Å². The van der Waals surface area contributed by atoms with Gasteiger partial charge in [-0.15, -0.1) is 0 Å². The minimum absolute atomic E-state index is 0.0450. The standard InChI is InChI=1S/C23H39BrN2O4S/c1-25(17-19-29-3)16-6-4-5-7-18-30-22-12-10-21(11-13-22)26(2)31(27,28)23-14-8-20(24)9-15-23/h8-9,14-15,21-22H,4-7,10-13,16-19H2,1-3H3. The molecule has 8 heteroatoms. The van der Waals surface area contributed by atoms with E-state index in [-0.39, 0.29) is 12.1 Å². The Kier molecular flexibility index (Phi) is 12.0. The van der Waals surface area contributed by atoms with E-state index in [2.05, 4.69) is 27.9 Å². The predicted molar refractivity (Wildman–Crippen MR) is 129 cm³/mol. The molecule has 0 aliphatic heterocycles. The lowest BCUT2D eigenvalue weighted by molar-refractivity contribution is 0.0156. The normalized spacial score (nSPS) is 19.9. The molecule has 1 aliphatic carbocycles. The molecule has 0 spiro atoms. The van der Waals surface area contributed by atoms with Crippen molar-refractivity contribution in [3.63, 3.8) is 0 Å². The van der Waals surface area contributed by atoms with Crippen molar-refractivity contribution in [2.24, 2.45) is 0 Å². The third-order valence-electron chi connectivity index (χ3n) is 6.11. The summed E-state index contributed by atoms with van der Waals surface area (Å²) in [6.45, 7) is 3.70. The number of likely N-dealkylation sites (N-methyl/N-ethyl adjacent to an activating group) is 1. The molecule has 6 nitrogen and oxygen atoms in total. The van der Waals surface area contributed by atoms with Crippen molar-refractivity contribution in [1.82, 2.24) is 9.21 Å². The maximum Gasteiger partial charge on any atom is 0.243 e. The van der Waals surface area contributed by atoms with E-state index in [0.717, 1.165) is 62.9 Å². The van der Waals surface area contributed by atoms with Crippen LogP contribution >= 0.6 is 15.9 Å². The zero-order valence-corrected chi connectivity index (χ0v) is 21.7. The van der Waals surface area contributed by atoms with E-state index < -0.39 is 10.0 Å². The van der Waals surface area contributed by atoms with Gasteiger partial charge in [-0.1, -0.05) is 28.8 Å². The summed E-state index contributed by atoms with van der Waals surface area (Å²) in [7, 11) is 2.13. The fourth-order valence-corrected chi connectivity index (χ4v) is 5.67. The number of nitrogens with zero attached hydrogens (tertiary/aromatic N) is 2. The van der Waals surface area contributed by atoms with Gasteiger partial charge < -0.3 is 14.4 Å². The number of sulfonamides is 1. The minimum atomic E-state index is -3.45. The van der Waals surface area contributed by atoms with Gasteiger partial charge in [0.05, 0.1) is 17.6 Å². The molecule has 0 unspecified atom stereocenters. The third kappa shape index (κ3) is 9.10. The van der Waals surface area contributed by atoms with Gasteiger partial charge in [-0.25, -0.2) is 8.42 Å². The van der Waals surface area contributed by atoms with Crippen LogP contribution in [-0.4, -0.2) is 77.3 Å². The van der Waals surface area contributed by atoms with E-state index in [0.29, 0.717) is 4.90 Å². The molecule has 1 aromatic rings. The lowest BCUT2D eigenvalue weighted by Gasteiger charge is -2.34. The van der Waals surface area contributed by atoms with Gasteiger partial charge in [0, 0.05) is 37.8 Å². The summed E-state index contributed by atoms with van der Waals surface area (Å²) in [5.74, 6) is 0. The van der Waals surface area contributed by atoms with E-state index in [4.69, 9.17) is 9.47 Å². The number of hydrogen-bond donors (Lipinski definition) is 0. The van der Waals surface area contributed by atoms with Crippen LogP contribution in [0.15, 0.2) is 33.6 Å². The molecule has 1 saturated carbocycles. The smallest absolute Gasteiger partial charge is 0.243 e. The fourth-order valence-electron chi connectivity index (χ4n) is 3.99. The van der Waals surface area contributed by atoms with Crippen LogP contribution < -0.4 is 0 Å². The molecule has 0 radical (unpaired) electrons. The van der Waals surface area contributed by atoms with Crippen LogP contribution in [0.5, 0.6) is 0 Å². The number of hydrogen-bond acceptors (Lipinski definition) is 5. The monoisotopic (exact) mass is 518 g/mol. The molecule has 0 N–H and O–H groups in total. The Balaban J connectivity index is 1.60. The molecule has 0 bridgehead atoms. The van der Waals surface area contributed by atoms with E-state index >= 15 is 0 Å². The van der Waals surface area contributed by atoms with Gasteiger partial charge in [0.1, 0.15) is 0 Å². The molecule has 0 amide bonds. The third-order valence-corrected chi connectivity index (χ3v) is 8.57. The summed E-state index contributed by atoms with van der Waals surface area (Å²) in [6, 6.07) is 6.89. The number of unbranched alkanes of at least 4 members (excludes halogenated alkanes) is 3. The van der Waals surface area contributed by atoms with Crippen LogP contribution in [0.25, 0.3) is 0 Å². The molecule has 178 valence electrons. The van der Waals surface area contributed by atoms with Gasteiger partial charge in [0.2, 0.25) is 10.0 Å². The number of ether oxygens (including phenoxy) is 2. The van der Waals surface area contributed by atoms with Gasteiger partial charge >= 0.3 is 0 Å². The molecule has 2 rings (SSSR count). The molecule has 0 atom stereocenters. The molecule has 0 aromatic heterocycles. The Bertz CT molecular complexity index is 722. The summed E-state index contributed by atoms with van der Waals surface area (Å²) >= 11 is 3.36. The van der Waals surface area contributed by atoms with Crippen molar-refractivity contribution in [3.05, 3.63) is 28.7 Å². The molecular weight excluding hydrogens is 480 g/mol. The van der Waals surface area contributed by atoms with E-state index in [1.54, 1.807) is 42.7 Å². The molecule has 0 heterocycles. The maximum absolute atomic E-state index is 12.9. The highest BCUT2D eigenvalue weighted by Gasteiger charge is 2.31. The Morgan fingerprint density at radius 3 is 2.23 bits per heavy atom. The second kappa shape index (κ2) is 13.9. The summed E-state index contributed by atoms with van der Waals surface area (Å²) in [5.41, 5.74) is 0. The first kappa shape index (κ1) is 26.7. The van der Waals surface area contributed by atoms with E-state index in [1.165, 1.54) is 19.3 Å². The summed E-state index contributed by atoms with van der Waals surface area (Å²) in [4.78, 5) is 2.66. The number of benzene rings is 1. The van der Waals surface area contributed by atoms with Crippen molar-refractivity contribution in [2.75, 3.05) is 47.5 Å². The first-order valence-electron chi connectivity index (χ1n) is 11.4. The molecule has 1 aromatic carbocycles. The van der Waals surface area contributed by atoms with Crippen molar-refractivity contribution in [3.8, 4) is 0 Å². The van der Waals surface area contributed by atoms with Gasteiger partial charge in [-0.05, 0) is 76.4 Å². The Morgan fingerprint density at radius 2 is 1.58 bits per heavy atom. The van der Waals surface area contributed by atoms with Crippen LogP contribution in [-0.2, 0) is 19.5 Å². The average Bonchev–Trinajstić information content (AvgIpc) is 2.77. The molecule has 0 saturated heterocycles. The van der Waals surface area contributed by atoms with E-state index in [9.17, 15) is 8.42 Å². The summed E-state index contributed by atoms with van der Waals surface area (Å²) < 4.78 is 39.4. The second-order valence-electron chi connectivity index (χ2n) is 8.49. The van der Waals surface area contributed by atoms with Crippen LogP contribution in [0.4, 0.5) is 0 Å². The first-order chi connectivity index (χ1) is 14.8. The van der Waals surface area contributed by atoms with E-state index in [1.807, 2.05) is 0 Å². The number of rotatable bonds is 14. The summed E-state index contributed by atoms with van der Waals surface area (Å²) in [5, 5.41) is 0. The minimum Gasteiger partial charge on any atom is -0.383 e. The van der Waals surface area contributed by atoms with Crippen LogP contribution in [0.2, 0.25) is 0 Å². The lowest BCUT2D eigenvalue weighted by Crippen LogP contribution is -2.40. The molecular formula is C23H39BrN2O4S. The topological polar surface area (TPSA) is 59.1 Å². The zero-order valence-electron chi connectivity index (χ0n) is 19.3. The van der Waals surface area contributed by atoms with Gasteiger partial charge in [-0.3, -0.25) is 0 Å². The van der Waals surface area contributed by atoms with Crippen molar-refractivity contribution in [2.45, 2.75) is 68.4 Å². The zero-order chi connectivity index (χ0) is 22.7. The largest absolute Gasteiger partial charge is 0.383 e. The van der Waals surface area contributed by atoms with Crippen molar-refractivity contribution >= 4 is 26.0 Å². The Labute approximate surface area is 197 Å². The molecule has 31 heavy (non-hydrogen) atoms. The van der Waals surface area contributed by atoms with Crippen molar-refractivity contribution < 1.29 is 17.9 Å². The highest BCUT2D eigenvalue weighted by molar-refractivity contribution is 9.10. The highest BCUT2D eigenvalue weighted by Crippen LogP contribution is 2.28. The first-order valence-corrected chi connectivity index (χ1v) is 13.6. The number of methoxy groups -OCH3 is 1. The van der Waals surface area contributed by atoms with Gasteiger partial charge in [0.25, 0.3) is 0 Å². The summed E-state index contributed by atoms with van der Waals surface area (Å²) in [6.07, 6.45) is 8.55. The lowest BCUT2D eigenvalue weighted by atomic mass is 9.93. The van der Waals surface area contributed by atoms with Gasteiger partial charge in [-0.2, -0.15) is 4.31 Å². The second-order valence-corrected chi connectivity index (χ2v) is 11.4. The Hall–Kier alpha value is -0.510. The number of halogens is 1. The SMILES string of the molecule is COCCN(C)CCCCCCOC1CCC(N(C)S(=O)(=O)c2ccc(Br)cc2)CC1. The predicted octanol–water partition coefficient (Wildman–Crippen LogP) is 4.54. The van der Waals surface area contributed by atoms with Crippen LogP contribution in [0, 0.1) is 0 Å². The molecule has 1 fully saturated rings. The fraction of sp³-hybridized carbons (Fsp3) is 0.739. The van der Waals surface area contributed by atoms with Crippen molar-refractivity contribution in [1.29, 1.82) is 0 Å². The average molecular weight is 520 g/mol. The quantitative estimate of drug-likeness (QED) is 0.338.